The zero-order valence-electron chi connectivity index (χ0n) is 7.79. The molecule has 0 radical (unpaired) electrons. The topological polar surface area (TPSA) is 12.9 Å². The number of rotatable bonds is 1. The van der Waals surface area contributed by atoms with Crippen molar-refractivity contribution in [1.82, 2.24) is 4.98 Å². The quantitative estimate of drug-likeness (QED) is 0.664. The molecule has 68 valence electrons. The molecule has 0 unspecified atom stereocenters. The molecular weight excluding hydrogens is 178 g/mol. The predicted molar refractivity (Wildman–Crippen MR) is 58.0 cm³/mol. The summed E-state index contributed by atoms with van der Waals surface area (Å²) in [6.45, 7) is 2.16. The lowest BCUT2D eigenvalue weighted by atomic mass is 10.2. The Kier molecular flexibility index (Phi) is 2.60. The molecule has 1 aromatic heterocycles. The number of fused-ring (bicyclic) bond motifs is 1. The number of nitrogens with zero attached hydrogens (tertiary/aromatic N) is 1. The minimum Gasteiger partial charge on any atom is -0.242 e. The zero-order valence-corrected chi connectivity index (χ0v) is 8.60. The van der Waals surface area contributed by atoms with Crippen LogP contribution in [0, 0.1) is 0 Å². The third-order valence-electron chi connectivity index (χ3n) is 2.11. The van der Waals surface area contributed by atoms with E-state index in [0.29, 0.717) is 0 Å². The van der Waals surface area contributed by atoms with Crippen molar-refractivity contribution >= 4 is 17.4 Å². The molecular formula is C11H13NS. The van der Waals surface area contributed by atoms with Crippen molar-refractivity contribution in [2.75, 3.05) is 0 Å². The number of hydrogen-bond acceptors (Lipinski definition) is 2. The molecule has 0 atom stereocenters. The Morgan fingerprint density at radius 2 is 2.38 bits per heavy atom. The summed E-state index contributed by atoms with van der Waals surface area (Å²) in [4.78, 5) is 6.01. The van der Waals surface area contributed by atoms with Gasteiger partial charge in [0.25, 0.3) is 0 Å². The van der Waals surface area contributed by atoms with Gasteiger partial charge in [-0.25, -0.2) is 4.98 Å². The third-order valence-corrected chi connectivity index (χ3v) is 3.39. The molecule has 1 aliphatic rings. The fraction of sp³-hybridized carbons (Fsp3) is 0.364. The first-order valence-corrected chi connectivity index (χ1v) is 5.53. The van der Waals surface area contributed by atoms with E-state index >= 15 is 0 Å². The average Bonchev–Trinajstić information content (AvgIpc) is 2.47. The van der Waals surface area contributed by atoms with Gasteiger partial charge in [-0.3, -0.25) is 0 Å². The van der Waals surface area contributed by atoms with E-state index in [4.69, 9.17) is 0 Å². The number of thiazole rings is 1. The predicted octanol–water partition coefficient (Wildman–Crippen LogP) is 3.22. The monoisotopic (exact) mass is 191 g/mol. The number of aromatic nitrogens is 1. The zero-order chi connectivity index (χ0) is 9.10. The first kappa shape index (κ1) is 8.70. The Labute approximate surface area is 82.8 Å². The lowest BCUT2D eigenvalue weighted by molar-refractivity contribution is 1.01. The highest BCUT2D eigenvalue weighted by Gasteiger charge is 2.07. The van der Waals surface area contributed by atoms with E-state index in [9.17, 15) is 0 Å². The van der Waals surface area contributed by atoms with E-state index < -0.39 is 0 Å². The first-order valence-electron chi connectivity index (χ1n) is 4.72. The van der Waals surface area contributed by atoms with Crippen LogP contribution in [-0.4, -0.2) is 4.98 Å². The smallest absolute Gasteiger partial charge is 0.0932 e. The highest BCUT2D eigenvalue weighted by molar-refractivity contribution is 7.11. The van der Waals surface area contributed by atoms with Crippen LogP contribution < -0.4 is 0 Å². The van der Waals surface area contributed by atoms with Crippen molar-refractivity contribution in [1.29, 1.82) is 0 Å². The minimum absolute atomic E-state index is 1.05. The highest BCUT2D eigenvalue weighted by Crippen LogP contribution is 2.23. The molecule has 1 aromatic rings. The summed E-state index contributed by atoms with van der Waals surface area (Å²) in [7, 11) is 0. The second kappa shape index (κ2) is 3.88. The van der Waals surface area contributed by atoms with Gasteiger partial charge in [0.05, 0.1) is 10.7 Å². The van der Waals surface area contributed by atoms with Crippen LogP contribution in [0.1, 0.15) is 28.9 Å². The summed E-state index contributed by atoms with van der Waals surface area (Å²) in [5.74, 6) is 0. The second-order valence-electron chi connectivity index (χ2n) is 3.10. The van der Waals surface area contributed by atoms with E-state index in [1.54, 1.807) is 0 Å². The summed E-state index contributed by atoms with van der Waals surface area (Å²) in [6, 6.07) is 0. The lowest BCUT2D eigenvalue weighted by Crippen LogP contribution is -1.85. The molecule has 1 heterocycles. The van der Waals surface area contributed by atoms with Crippen LogP contribution in [0.25, 0.3) is 6.08 Å². The maximum absolute atomic E-state index is 4.57. The van der Waals surface area contributed by atoms with Gasteiger partial charge in [-0.15, -0.1) is 11.3 Å². The molecule has 0 aromatic carbocycles. The fourth-order valence-electron chi connectivity index (χ4n) is 1.41. The largest absolute Gasteiger partial charge is 0.242 e. The standard InChI is InChI=1S/C11H13NS/c1-2-11-12-9-7-5-3-4-6-8-10(9)13-11/h3-5,7H,2,6,8H2,1H3. The molecule has 1 nitrogen and oxygen atoms in total. The van der Waals surface area contributed by atoms with Crippen LogP contribution in [0.3, 0.4) is 0 Å². The molecule has 0 aliphatic heterocycles. The summed E-state index contributed by atoms with van der Waals surface area (Å²) in [5.41, 5.74) is 1.19. The highest BCUT2D eigenvalue weighted by atomic mass is 32.1. The van der Waals surface area contributed by atoms with Gasteiger partial charge in [0, 0.05) is 4.88 Å². The summed E-state index contributed by atoms with van der Waals surface area (Å²) in [5, 5.41) is 1.26. The van der Waals surface area contributed by atoms with Gasteiger partial charge in [0.2, 0.25) is 0 Å². The summed E-state index contributed by atoms with van der Waals surface area (Å²) >= 11 is 1.86. The van der Waals surface area contributed by atoms with E-state index in [1.165, 1.54) is 15.6 Å². The van der Waals surface area contributed by atoms with Crippen molar-refractivity contribution in [3.05, 3.63) is 33.8 Å². The molecule has 2 heteroatoms. The lowest BCUT2D eigenvalue weighted by Gasteiger charge is -1.96. The number of hydrogen-bond donors (Lipinski definition) is 0. The van der Waals surface area contributed by atoms with Gasteiger partial charge in [0.1, 0.15) is 0 Å². The van der Waals surface area contributed by atoms with Crippen LogP contribution in [-0.2, 0) is 12.8 Å². The van der Waals surface area contributed by atoms with E-state index in [0.717, 1.165) is 19.3 Å². The van der Waals surface area contributed by atoms with Crippen molar-refractivity contribution in [2.45, 2.75) is 26.2 Å². The van der Waals surface area contributed by atoms with Crippen LogP contribution in [0.2, 0.25) is 0 Å². The average molecular weight is 191 g/mol. The van der Waals surface area contributed by atoms with Crippen molar-refractivity contribution in [2.24, 2.45) is 0 Å². The molecule has 0 fully saturated rings. The normalized spacial score (nSPS) is 15.2. The van der Waals surface area contributed by atoms with Gasteiger partial charge < -0.3 is 0 Å². The molecule has 0 N–H and O–H groups in total. The van der Waals surface area contributed by atoms with E-state index in [-0.39, 0.29) is 0 Å². The molecule has 0 saturated heterocycles. The Balaban J connectivity index is 2.36. The van der Waals surface area contributed by atoms with Crippen molar-refractivity contribution in [3.8, 4) is 0 Å². The van der Waals surface area contributed by atoms with E-state index in [2.05, 4.69) is 36.2 Å². The Bertz CT molecular complexity index is 347. The summed E-state index contributed by atoms with van der Waals surface area (Å²) in [6.07, 6.45) is 11.9. The van der Waals surface area contributed by atoms with E-state index in [1.807, 2.05) is 11.3 Å². The molecule has 0 amide bonds. The third kappa shape index (κ3) is 1.89. The molecule has 0 spiro atoms. The Hall–Kier alpha value is -0.890. The Morgan fingerprint density at radius 3 is 3.23 bits per heavy atom. The first-order chi connectivity index (χ1) is 6.40. The van der Waals surface area contributed by atoms with Gasteiger partial charge in [-0.05, 0) is 25.3 Å². The van der Waals surface area contributed by atoms with Crippen LogP contribution >= 0.6 is 11.3 Å². The Morgan fingerprint density at radius 1 is 1.46 bits per heavy atom. The van der Waals surface area contributed by atoms with Gasteiger partial charge in [-0.1, -0.05) is 25.2 Å². The summed E-state index contributed by atoms with van der Waals surface area (Å²) < 4.78 is 0. The molecule has 13 heavy (non-hydrogen) atoms. The maximum atomic E-state index is 4.57. The second-order valence-corrected chi connectivity index (χ2v) is 4.26. The van der Waals surface area contributed by atoms with Crippen LogP contribution in [0.5, 0.6) is 0 Å². The molecule has 1 aliphatic carbocycles. The van der Waals surface area contributed by atoms with Gasteiger partial charge >= 0.3 is 0 Å². The van der Waals surface area contributed by atoms with Crippen LogP contribution in [0.4, 0.5) is 0 Å². The van der Waals surface area contributed by atoms with Crippen molar-refractivity contribution < 1.29 is 0 Å². The fourth-order valence-corrected chi connectivity index (χ4v) is 2.42. The van der Waals surface area contributed by atoms with Crippen molar-refractivity contribution in [3.63, 3.8) is 0 Å². The maximum Gasteiger partial charge on any atom is 0.0932 e. The number of allylic oxidation sites excluding steroid dienone is 3. The minimum atomic E-state index is 1.05. The van der Waals surface area contributed by atoms with Gasteiger partial charge in [0.15, 0.2) is 0 Å². The van der Waals surface area contributed by atoms with Gasteiger partial charge in [-0.2, -0.15) is 0 Å². The molecule has 2 rings (SSSR count). The SMILES string of the molecule is CCc1nc2c(s1)CCC=CC=C2. The van der Waals surface area contributed by atoms with Crippen LogP contribution in [0.15, 0.2) is 18.2 Å². The number of aryl methyl sites for hydroxylation is 2. The molecule has 0 saturated carbocycles. The molecule has 0 bridgehead atoms.